The maximum absolute atomic E-state index is 12.5. The number of anilines is 1. The number of hydrogen-bond acceptors (Lipinski definition) is 3. The number of ether oxygens (including phenoxy) is 1. The van der Waals surface area contributed by atoms with E-state index >= 15 is 0 Å². The number of nitrogens with zero attached hydrogens (tertiary/aromatic N) is 1. The van der Waals surface area contributed by atoms with Gasteiger partial charge in [-0.05, 0) is 24.6 Å². The predicted octanol–water partition coefficient (Wildman–Crippen LogP) is 2.28. The van der Waals surface area contributed by atoms with Crippen molar-refractivity contribution in [2.75, 3.05) is 25.5 Å². The molecule has 1 atom stereocenters. The molecule has 1 fully saturated rings. The Morgan fingerprint density at radius 1 is 1.61 bits per heavy atom. The highest BCUT2D eigenvalue weighted by molar-refractivity contribution is 9.10. The quantitative estimate of drug-likeness (QED) is 0.852. The summed E-state index contributed by atoms with van der Waals surface area (Å²) in [6.45, 7) is 3.90. The van der Waals surface area contributed by atoms with E-state index in [2.05, 4.69) is 22.9 Å². The molecule has 0 aromatic heterocycles. The van der Waals surface area contributed by atoms with Crippen LogP contribution in [0.25, 0.3) is 0 Å². The zero-order valence-corrected chi connectivity index (χ0v) is 11.9. The van der Waals surface area contributed by atoms with E-state index in [-0.39, 0.29) is 11.9 Å². The molecule has 2 rings (SSSR count). The average molecular weight is 313 g/mol. The minimum Gasteiger partial charge on any atom is -0.398 e. The van der Waals surface area contributed by atoms with E-state index in [1.54, 1.807) is 12.1 Å². The minimum absolute atomic E-state index is 0.00449. The first kappa shape index (κ1) is 13.4. The first-order valence-electron chi connectivity index (χ1n) is 6.07. The van der Waals surface area contributed by atoms with Crippen LogP contribution in [-0.4, -0.2) is 36.6 Å². The van der Waals surface area contributed by atoms with Crippen molar-refractivity contribution in [1.29, 1.82) is 0 Å². The third-order valence-electron chi connectivity index (χ3n) is 3.20. The summed E-state index contributed by atoms with van der Waals surface area (Å²) in [7, 11) is 0. The molecule has 0 spiro atoms. The number of amides is 1. The fourth-order valence-electron chi connectivity index (χ4n) is 2.14. The molecule has 0 saturated carbocycles. The van der Waals surface area contributed by atoms with Crippen LogP contribution < -0.4 is 5.73 Å². The van der Waals surface area contributed by atoms with E-state index in [0.29, 0.717) is 31.0 Å². The molecule has 18 heavy (non-hydrogen) atoms. The van der Waals surface area contributed by atoms with Crippen LogP contribution in [0.1, 0.15) is 23.7 Å². The van der Waals surface area contributed by atoms with Crippen molar-refractivity contribution in [2.24, 2.45) is 0 Å². The zero-order valence-electron chi connectivity index (χ0n) is 10.4. The number of hydrogen-bond donors (Lipinski definition) is 1. The first-order valence-corrected chi connectivity index (χ1v) is 6.86. The second kappa shape index (κ2) is 5.71. The minimum atomic E-state index is -0.00449. The Morgan fingerprint density at radius 2 is 2.39 bits per heavy atom. The number of carbonyl (C=O) groups excluding carboxylic acids is 1. The van der Waals surface area contributed by atoms with Gasteiger partial charge in [-0.2, -0.15) is 0 Å². The summed E-state index contributed by atoms with van der Waals surface area (Å²) in [6.07, 6.45) is 0.891. The molecular formula is C13H17BrN2O2. The van der Waals surface area contributed by atoms with Gasteiger partial charge in [0.1, 0.15) is 0 Å². The molecule has 1 heterocycles. The highest BCUT2D eigenvalue weighted by atomic mass is 79.9. The largest absolute Gasteiger partial charge is 0.398 e. The van der Waals surface area contributed by atoms with E-state index in [0.717, 1.165) is 10.9 Å². The van der Waals surface area contributed by atoms with E-state index in [4.69, 9.17) is 10.5 Å². The Kier molecular flexibility index (Phi) is 4.24. The lowest BCUT2D eigenvalue weighted by molar-refractivity contribution is -0.00274. The van der Waals surface area contributed by atoms with Crippen LogP contribution in [0.5, 0.6) is 0 Å². The van der Waals surface area contributed by atoms with Gasteiger partial charge in [0.15, 0.2) is 0 Å². The number of halogens is 1. The van der Waals surface area contributed by atoms with Gasteiger partial charge >= 0.3 is 0 Å². The van der Waals surface area contributed by atoms with E-state index in [1.807, 2.05) is 11.0 Å². The van der Waals surface area contributed by atoms with Crippen molar-refractivity contribution in [3.8, 4) is 0 Å². The van der Waals surface area contributed by atoms with Crippen molar-refractivity contribution < 1.29 is 9.53 Å². The van der Waals surface area contributed by atoms with Crippen molar-refractivity contribution in [1.82, 2.24) is 4.90 Å². The summed E-state index contributed by atoms with van der Waals surface area (Å²) in [5.41, 5.74) is 6.99. The van der Waals surface area contributed by atoms with Gasteiger partial charge in [0.25, 0.3) is 5.91 Å². The van der Waals surface area contributed by atoms with Gasteiger partial charge in [0, 0.05) is 16.7 Å². The zero-order chi connectivity index (χ0) is 13.1. The Labute approximate surface area is 115 Å². The molecule has 1 saturated heterocycles. The molecule has 5 heteroatoms. The summed E-state index contributed by atoms with van der Waals surface area (Å²) >= 11 is 3.34. The van der Waals surface area contributed by atoms with E-state index in [9.17, 15) is 4.79 Å². The molecule has 1 aliphatic rings. The molecule has 0 aliphatic carbocycles. The summed E-state index contributed by atoms with van der Waals surface area (Å²) in [4.78, 5) is 14.3. The van der Waals surface area contributed by atoms with Crippen molar-refractivity contribution in [2.45, 2.75) is 19.4 Å². The molecule has 98 valence electrons. The Balaban J connectivity index is 2.24. The monoisotopic (exact) mass is 312 g/mol. The molecule has 2 N–H and O–H groups in total. The molecule has 1 amide bonds. The third-order valence-corrected chi connectivity index (χ3v) is 3.70. The Morgan fingerprint density at radius 3 is 3.06 bits per heavy atom. The smallest absolute Gasteiger partial charge is 0.256 e. The number of rotatable bonds is 2. The highest BCUT2D eigenvalue weighted by Gasteiger charge is 2.27. The molecule has 0 bridgehead atoms. The summed E-state index contributed by atoms with van der Waals surface area (Å²) in [6, 6.07) is 5.51. The topological polar surface area (TPSA) is 55.6 Å². The van der Waals surface area contributed by atoms with Gasteiger partial charge in [-0.15, -0.1) is 0 Å². The van der Waals surface area contributed by atoms with Crippen molar-refractivity contribution >= 4 is 27.5 Å². The van der Waals surface area contributed by atoms with Crippen LogP contribution in [0.4, 0.5) is 5.69 Å². The van der Waals surface area contributed by atoms with Crippen LogP contribution in [-0.2, 0) is 4.74 Å². The fourth-order valence-corrected chi connectivity index (χ4v) is 2.52. The van der Waals surface area contributed by atoms with Gasteiger partial charge in [0.05, 0.1) is 24.8 Å². The number of benzene rings is 1. The van der Waals surface area contributed by atoms with Gasteiger partial charge in [0.2, 0.25) is 0 Å². The standard InChI is InChI=1S/C13H17BrN2O2/c1-2-10-8-18-6-5-16(10)13(17)11-4-3-9(14)7-12(11)15/h3-4,7,10H,2,5-6,8,15H2,1H3. The van der Waals surface area contributed by atoms with Gasteiger partial charge in [-0.3, -0.25) is 4.79 Å². The maximum atomic E-state index is 12.5. The number of nitrogen functional groups attached to an aromatic ring is 1. The van der Waals surface area contributed by atoms with Crippen LogP contribution in [0, 0.1) is 0 Å². The number of carbonyl (C=O) groups is 1. The summed E-state index contributed by atoms with van der Waals surface area (Å²) < 4.78 is 6.29. The Bertz CT molecular complexity index is 451. The van der Waals surface area contributed by atoms with Crippen LogP contribution in [0.15, 0.2) is 22.7 Å². The Hall–Kier alpha value is -1.07. The van der Waals surface area contributed by atoms with Crippen LogP contribution >= 0.6 is 15.9 Å². The lowest BCUT2D eigenvalue weighted by Crippen LogP contribution is -2.48. The average Bonchev–Trinajstić information content (AvgIpc) is 2.38. The van der Waals surface area contributed by atoms with E-state index in [1.165, 1.54) is 0 Å². The molecule has 1 aliphatic heterocycles. The molecule has 0 radical (unpaired) electrons. The number of nitrogens with two attached hydrogens (primary N) is 1. The van der Waals surface area contributed by atoms with Crippen molar-refractivity contribution in [3.05, 3.63) is 28.2 Å². The normalized spacial score (nSPS) is 19.9. The SMILES string of the molecule is CCC1COCCN1C(=O)c1ccc(Br)cc1N. The molecule has 1 aromatic carbocycles. The first-order chi connectivity index (χ1) is 8.63. The van der Waals surface area contributed by atoms with Gasteiger partial charge in [-0.1, -0.05) is 22.9 Å². The van der Waals surface area contributed by atoms with E-state index < -0.39 is 0 Å². The van der Waals surface area contributed by atoms with Gasteiger partial charge < -0.3 is 15.4 Å². The van der Waals surface area contributed by atoms with Crippen molar-refractivity contribution in [3.63, 3.8) is 0 Å². The molecular weight excluding hydrogens is 296 g/mol. The lowest BCUT2D eigenvalue weighted by atomic mass is 10.1. The molecule has 1 aromatic rings. The second-order valence-electron chi connectivity index (χ2n) is 4.37. The molecule has 4 nitrogen and oxygen atoms in total. The van der Waals surface area contributed by atoms with Crippen LogP contribution in [0.2, 0.25) is 0 Å². The van der Waals surface area contributed by atoms with Crippen LogP contribution in [0.3, 0.4) is 0 Å². The number of morpholine rings is 1. The predicted molar refractivity (Wildman–Crippen MR) is 74.5 cm³/mol. The van der Waals surface area contributed by atoms with Gasteiger partial charge in [-0.25, -0.2) is 0 Å². The molecule has 1 unspecified atom stereocenters. The third kappa shape index (κ3) is 2.67. The lowest BCUT2D eigenvalue weighted by Gasteiger charge is -2.35. The summed E-state index contributed by atoms with van der Waals surface area (Å²) in [5.74, 6) is -0.00449. The highest BCUT2D eigenvalue weighted by Crippen LogP contribution is 2.22. The second-order valence-corrected chi connectivity index (χ2v) is 5.28. The fraction of sp³-hybridized carbons (Fsp3) is 0.462. The summed E-state index contributed by atoms with van der Waals surface area (Å²) in [5, 5.41) is 0. The maximum Gasteiger partial charge on any atom is 0.256 e.